The summed E-state index contributed by atoms with van der Waals surface area (Å²) in [5.74, 6) is 2.57. The molecule has 6 nitrogen and oxygen atoms in total. The molecule has 1 aromatic rings. The number of rotatable bonds is 5. The summed E-state index contributed by atoms with van der Waals surface area (Å²) < 4.78 is 24.1. The lowest BCUT2D eigenvalue weighted by Gasteiger charge is -2.39. The Morgan fingerprint density at radius 2 is 1.56 bits per heavy atom. The first-order chi connectivity index (χ1) is 11.5. The summed E-state index contributed by atoms with van der Waals surface area (Å²) in [5, 5.41) is 0. The Labute approximate surface area is 149 Å². The molecule has 2 aliphatic rings. The van der Waals surface area contributed by atoms with Crippen molar-refractivity contribution >= 4 is 13.4 Å². The minimum Gasteiger partial charge on any atom is -0.485 e. The summed E-state index contributed by atoms with van der Waals surface area (Å²) in [7, 11) is -0.779. The normalized spacial score (nSPS) is 15.3. The molecule has 2 bridgehead atoms. The van der Waals surface area contributed by atoms with E-state index in [0.717, 1.165) is 5.69 Å². The van der Waals surface area contributed by atoms with Gasteiger partial charge in [-0.3, -0.25) is 0 Å². The molecule has 0 aliphatic carbocycles. The van der Waals surface area contributed by atoms with Gasteiger partial charge < -0.3 is 18.7 Å². The van der Waals surface area contributed by atoms with E-state index >= 15 is 0 Å². The van der Waals surface area contributed by atoms with Crippen LogP contribution in [0.25, 0.3) is 0 Å². The maximum absolute atomic E-state index is 13.1. The molecule has 0 aromatic carbocycles. The van der Waals surface area contributed by atoms with E-state index in [9.17, 15) is 4.79 Å². The van der Waals surface area contributed by atoms with Gasteiger partial charge in [-0.25, -0.2) is 9.36 Å². The quantitative estimate of drug-likeness (QED) is 0.735. The summed E-state index contributed by atoms with van der Waals surface area (Å²) >= 11 is 0. The van der Waals surface area contributed by atoms with Crippen LogP contribution in [-0.4, -0.2) is 23.6 Å². The number of hydrogen-bond acceptors (Lipinski definition) is 5. The van der Waals surface area contributed by atoms with Crippen LogP contribution in [0.1, 0.15) is 67.0 Å². The van der Waals surface area contributed by atoms with E-state index in [1.165, 1.54) is 4.57 Å². The summed E-state index contributed by atoms with van der Waals surface area (Å²) in [6, 6.07) is 0. The van der Waals surface area contributed by atoms with Gasteiger partial charge in [-0.1, -0.05) is 41.5 Å². The van der Waals surface area contributed by atoms with Crippen LogP contribution in [0.4, 0.5) is 4.79 Å². The van der Waals surface area contributed by atoms with E-state index in [-0.39, 0.29) is 11.8 Å². The van der Waals surface area contributed by atoms with E-state index < -0.39 is 19.0 Å². The van der Waals surface area contributed by atoms with Crippen LogP contribution in [-0.2, 0) is 4.74 Å². The van der Waals surface area contributed by atoms with Crippen LogP contribution in [0.5, 0.6) is 17.4 Å². The van der Waals surface area contributed by atoms with Gasteiger partial charge in [-0.15, -0.1) is 0 Å². The van der Waals surface area contributed by atoms with Crippen LogP contribution in [0.15, 0.2) is 0 Å². The molecule has 0 saturated heterocycles. The molecule has 1 aromatic heterocycles. The fraction of sp³-hybridized carbons (Fsp3) is 0.722. The molecule has 0 radical (unpaired) electrons. The summed E-state index contributed by atoms with van der Waals surface area (Å²) in [6.07, 6.45) is -0.447. The van der Waals surface area contributed by atoms with Gasteiger partial charge in [0.25, 0.3) is 0 Å². The van der Waals surface area contributed by atoms with Gasteiger partial charge in [-0.05, 0) is 31.6 Å². The Bertz CT molecular complexity index is 684. The van der Waals surface area contributed by atoms with Crippen LogP contribution >= 0.6 is 0 Å². The fourth-order valence-electron chi connectivity index (χ4n) is 4.62. The Morgan fingerprint density at radius 1 is 1.00 bits per heavy atom. The monoisotopic (exact) mass is 349 g/mol. The average Bonchev–Trinajstić information content (AvgIpc) is 3.02. The molecule has 0 saturated carbocycles. The number of aromatic nitrogens is 1. The van der Waals surface area contributed by atoms with Gasteiger partial charge in [0.05, 0.1) is 5.69 Å². The summed E-state index contributed by atoms with van der Waals surface area (Å²) in [5.41, 5.74) is 0.120. The Balaban J connectivity index is 1.94. The minimum atomic E-state index is -0.779. The predicted octanol–water partition coefficient (Wildman–Crippen LogP) is 4.45. The van der Waals surface area contributed by atoms with Gasteiger partial charge in [-0.2, -0.15) is 0 Å². The lowest BCUT2D eigenvalue weighted by molar-refractivity contribution is -0.0396. The number of carbonyl (C=O) groups excluding carboxylic acids is 1. The van der Waals surface area contributed by atoms with Gasteiger partial charge in [0.2, 0.25) is 11.6 Å². The molecule has 7 heteroatoms. The molecule has 0 unspecified atom stereocenters. The van der Waals surface area contributed by atoms with Gasteiger partial charge in [0, 0.05) is 5.92 Å². The summed E-state index contributed by atoms with van der Waals surface area (Å²) in [6.45, 7) is 16.6. The van der Waals surface area contributed by atoms with Crippen molar-refractivity contribution in [2.45, 2.75) is 66.9 Å². The van der Waals surface area contributed by atoms with Crippen molar-refractivity contribution in [1.29, 1.82) is 0 Å². The van der Waals surface area contributed by atoms with E-state index in [0.29, 0.717) is 29.2 Å². The predicted molar refractivity (Wildman–Crippen MR) is 95.3 cm³/mol. The molecular formula is C18H28BNO5. The van der Waals surface area contributed by atoms with Crippen LogP contribution in [0, 0.1) is 17.8 Å². The second-order valence-electron chi connectivity index (χ2n) is 8.47. The third-order valence-corrected chi connectivity index (χ3v) is 5.03. The lowest BCUT2D eigenvalue weighted by Crippen LogP contribution is -2.43. The number of ether oxygens (including phenoxy) is 1. The highest BCUT2D eigenvalue weighted by molar-refractivity contribution is 6.43. The molecule has 0 amide bonds. The molecule has 3 rings (SSSR count). The number of nitrogens with zero attached hydrogens (tertiary/aromatic N) is 1. The zero-order valence-electron chi connectivity index (χ0n) is 16.4. The standard InChI is InChI=1S/C18H28BNO5/c1-9(2)12(10(3)4)18(7,8)22-17(21)20-13(11(5)6)14-15-16(20)25-19(23-14)24-15/h9-12H,1-8H3. The first-order valence-corrected chi connectivity index (χ1v) is 9.06. The molecule has 0 N–H and O–H groups in total. The van der Waals surface area contributed by atoms with Crippen LogP contribution in [0.2, 0.25) is 0 Å². The van der Waals surface area contributed by atoms with Crippen LogP contribution < -0.4 is 14.0 Å². The zero-order valence-corrected chi connectivity index (χ0v) is 16.4. The van der Waals surface area contributed by atoms with Gasteiger partial charge in [0.15, 0.2) is 5.75 Å². The van der Waals surface area contributed by atoms with Crippen molar-refractivity contribution in [2.24, 2.45) is 17.8 Å². The largest absolute Gasteiger partial charge is 0.865 e. The van der Waals surface area contributed by atoms with Crippen molar-refractivity contribution < 1.29 is 23.5 Å². The van der Waals surface area contributed by atoms with Crippen LogP contribution in [0.3, 0.4) is 0 Å². The van der Waals surface area contributed by atoms with E-state index in [4.69, 9.17) is 18.7 Å². The second-order valence-corrected chi connectivity index (χ2v) is 8.47. The molecular weight excluding hydrogens is 321 g/mol. The topological polar surface area (TPSA) is 58.9 Å². The molecule has 3 heterocycles. The Morgan fingerprint density at radius 3 is 2.04 bits per heavy atom. The second kappa shape index (κ2) is 5.89. The first-order valence-electron chi connectivity index (χ1n) is 9.06. The van der Waals surface area contributed by atoms with Crippen molar-refractivity contribution in [3.63, 3.8) is 0 Å². The minimum absolute atomic E-state index is 0.0632. The third-order valence-electron chi connectivity index (χ3n) is 5.03. The average molecular weight is 349 g/mol. The van der Waals surface area contributed by atoms with Crippen molar-refractivity contribution in [3.05, 3.63) is 5.69 Å². The molecule has 0 spiro atoms. The van der Waals surface area contributed by atoms with Gasteiger partial charge in [0.1, 0.15) is 5.60 Å². The first kappa shape index (κ1) is 18.0. The highest BCUT2D eigenvalue weighted by Crippen LogP contribution is 2.54. The molecule has 25 heavy (non-hydrogen) atoms. The molecule has 2 aliphatic heterocycles. The number of carbonyl (C=O) groups is 1. The maximum atomic E-state index is 13.1. The lowest BCUT2D eigenvalue weighted by atomic mass is 9.74. The number of fused-ring (bicyclic) bond motifs is 1. The fourth-order valence-corrected chi connectivity index (χ4v) is 4.62. The Hall–Kier alpha value is -1.79. The van der Waals surface area contributed by atoms with Crippen molar-refractivity contribution in [2.75, 3.05) is 0 Å². The van der Waals surface area contributed by atoms with Crippen molar-refractivity contribution in [3.8, 4) is 17.4 Å². The molecule has 0 fully saturated rings. The smallest absolute Gasteiger partial charge is 0.485 e. The van der Waals surface area contributed by atoms with Crippen molar-refractivity contribution in [1.82, 2.24) is 4.57 Å². The molecule has 0 atom stereocenters. The summed E-state index contributed by atoms with van der Waals surface area (Å²) in [4.78, 5) is 13.1. The third kappa shape index (κ3) is 2.77. The van der Waals surface area contributed by atoms with E-state index in [2.05, 4.69) is 27.7 Å². The zero-order chi connectivity index (χ0) is 18.7. The Kier molecular flexibility index (Phi) is 4.24. The number of hydrogen-bond donors (Lipinski definition) is 0. The highest BCUT2D eigenvalue weighted by atomic mass is 16.8. The SMILES string of the molecule is CC(C)c1c2c3c(n1C(=O)OC(C)(C)C(C(C)C)C(C)C)OB(O3)O2. The van der Waals surface area contributed by atoms with Gasteiger partial charge >= 0.3 is 13.4 Å². The highest BCUT2D eigenvalue weighted by Gasteiger charge is 2.54. The molecule has 138 valence electrons. The maximum Gasteiger partial charge on any atom is 0.865 e. The van der Waals surface area contributed by atoms with E-state index in [1.807, 2.05) is 27.7 Å². The van der Waals surface area contributed by atoms with E-state index in [1.54, 1.807) is 0 Å².